The number of hydrogen-bond donors (Lipinski definition) is 2. The Hall–Kier alpha value is -2.40. The molecular formula is C14H11N3OS. The van der Waals surface area contributed by atoms with Crippen molar-refractivity contribution in [1.82, 2.24) is 4.98 Å². The van der Waals surface area contributed by atoms with Gasteiger partial charge < -0.3 is 11.1 Å². The second kappa shape index (κ2) is 4.70. The van der Waals surface area contributed by atoms with E-state index in [4.69, 9.17) is 5.73 Å². The van der Waals surface area contributed by atoms with E-state index in [0.717, 1.165) is 10.1 Å². The minimum absolute atomic E-state index is 0.154. The number of amides is 1. The van der Waals surface area contributed by atoms with Gasteiger partial charge in [0.15, 0.2) is 0 Å². The fourth-order valence-corrected chi connectivity index (χ4v) is 2.71. The van der Waals surface area contributed by atoms with Gasteiger partial charge in [-0.25, -0.2) is 4.98 Å². The Labute approximate surface area is 113 Å². The summed E-state index contributed by atoms with van der Waals surface area (Å²) in [6, 6.07) is 13.2. The summed E-state index contributed by atoms with van der Waals surface area (Å²) in [6.45, 7) is 0. The van der Waals surface area contributed by atoms with E-state index in [0.29, 0.717) is 16.4 Å². The molecule has 0 saturated heterocycles. The molecule has 94 valence electrons. The summed E-state index contributed by atoms with van der Waals surface area (Å²) in [5.41, 5.74) is 6.12. The van der Waals surface area contributed by atoms with Gasteiger partial charge in [0.25, 0.3) is 5.91 Å². The number of hydrogen-bond acceptors (Lipinski definition) is 4. The van der Waals surface area contributed by atoms with Crippen molar-refractivity contribution in [3.8, 4) is 0 Å². The van der Waals surface area contributed by atoms with E-state index in [2.05, 4.69) is 10.3 Å². The van der Waals surface area contributed by atoms with Crippen LogP contribution in [0.2, 0.25) is 0 Å². The van der Waals surface area contributed by atoms with Crippen LogP contribution in [0.1, 0.15) is 9.67 Å². The quantitative estimate of drug-likeness (QED) is 0.751. The van der Waals surface area contributed by atoms with E-state index in [1.165, 1.54) is 17.5 Å². The van der Waals surface area contributed by atoms with Crippen LogP contribution in [0.4, 0.5) is 11.5 Å². The van der Waals surface area contributed by atoms with Crippen LogP contribution in [-0.2, 0) is 0 Å². The molecule has 0 radical (unpaired) electrons. The number of nitrogens with two attached hydrogens (primary N) is 1. The van der Waals surface area contributed by atoms with Gasteiger partial charge in [-0.05, 0) is 29.7 Å². The fraction of sp³-hybridized carbons (Fsp3) is 0. The van der Waals surface area contributed by atoms with Gasteiger partial charge in [-0.1, -0.05) is 18.2 Å². The van der Waals surface area contributed by atoms with E-state index in [1.807, 2.05) is 30.3 Å². The molecule has 2 aromatic heterocycles. The third-order valence-electron chi connectivity index (χ3n) is 2.68. The lowest BCUT2D eigenvalue weighted by molar-refractivity contribution is 0.103. The number of carbonyl (C=O) groups excluding carboxylic acids is 1. The molecule has 5 heteroatoms. The number of pyridine rings is 1. The summed E-state index contributed by atoms with van der Waals surface area (Å²) in [7, 11) is 0. The first-order chi connectivity index (χ1) is 9.22. The van der Waals surface area contributed by atoms with Gasteiger partial charge >= 0.3 is 0 Å². The first-order valence-electron chi connectivity index (χ1n) is 5.74. The fourth-order valence-electron chi connectivity index (χ4n) is 1.75. The number of rotatable bonds is 2. The average Bonchev–Trinajstić information content (AvgIpc) is 2.85. The highest BCUT2D eigenvalue weighted by molar-refractivity contribution is 7.20. The first kappa shape index (κ1) is 11.7. The number of nitrogen functional groups attached to an aromatic ring is 1. The van der Waals surface area contributed by atoms with Crippen molar-refractivity contribution in [3.63, 3.8) is 0 Å². The van der Waals surface area contributed by atoms with Gasteiger partial charge in [0, 0.05) is 4.70 Å². The van der Waals surface area contributed by atoms with Gasteiger partial charge in [0.1, 0.15) is 5.82 Å². The predicted molar refractivity (Wildman–Crippen MR) is 78.4 cm³/mol. The zero-order valence-electron chi connectivity index (χ0n) is 9.96. The summed E-state index contributed by atoms with van der Waals surface area (Å²) in [5.74, 6) is 0.343. The molecule has 1 aromatic carbocycles. The molecule has 0 fully saturated rings. The number of carbonyl (C=O) groups is 1. The Bertz CT molecular complexity index is 701. The van der Waals surface area contributed by atoms with Crippen molar-refractivity contribution < 1.29 is 4.79 Å². The van der Waals surface area contributed by atoms with Crippen molar-refractivity contribution in [2.75, 3.05) is 11.1 Å². The van der Waals surface area contributed by atoms with Crippen LogP contribution >= 0.6 is 11.3 Å². The number of thiophene rings is 1. The minimum Gasteiger partial charge on any atom is -0.397 e. The third-order valence-corrected chi connectivity index (χ3v) is 3.79. The normalized spacial score (nSPS) is 10.5. The van der Waals surface area contributed by atoms with Crippen molar-refractivity contribution in [2.24, 2.45) is 0 Å². The smallest absolute Gasteiger partial charge is 0.266 e. The molecule has 0 atom stereocenters. The molecular weight excluding hydrogens is 258 g/mol. The topological polar surface area (TPSA) is 68.0 Å². The predicted octanol–water partition coefficient (Wildman–Crippen LogP) is 3.13. The van der Waals surface area contributed by atoms with Crippen LogP contribution in [0.15, 0.2) is 48.7 Å². The zero-order valence-corrected chi connectivity index (χ0v) is 10.8. The number of benzene rings is 1. The summed E-state index contributed by atoms with van der Waals surface area (Å²) in [5, 5.41) is 3.82. The zero-order chi connectivity index (χ0) is 13.2. The number of aromatic nitrogens is 1. The second-order valence-corrected chi connectivity index (χ2v) is 5.16. The van der Waals surface area contributed by atoms with Crippen LogP contribution in [-0.4, -0.2) is 10.9 Å². The molecule has 0 spiro atoms. The molecule has 1 amide bonds. The Morgan fingerprint density at radius 2 is 2.05 bits per heavy atom. The molecule has 4 nitrogen and oxygen atoms in total. The average molecular weight is 269 g/mol. The molecule has 0 saturated carbocycles. The highest BCUT2D eigenvalue weighted by Gasteiger charge is 2.10. The van der Waals surface area contributed by atoms with E-state index < -0.39 is 0 Å². The van der Waals surface area contributed by atoms with Gasteiger partial charge in [0.2, 0.25) is 0 Å². The highest BCUT2D eigenvalue weighted by Crippen LogP contribution is 2.25. The van der Waals surface area contributed by atoms with E-state index >= 15 is 0 Å². The maximum atomic E-state index is 12.1. The summed E-state index contributed by atoms with van der Waals surface area (Å²) in [4.78, 5) is 16.8. The van der Waals surface area contributed by atoms with Crippen molar-refractivity contribution >= 4 is 38.8 Å². The monoisotopic (exact) mass is 269 g/mol. The number of nitrogens with one attached hydrogen (secondary N) is 1. The van der Waals surface area contributed by atoms with Gasteiger partial charge in [-0.15, -0.1) is 11.3 Å². The summed E-state index contributed by atoms with van der Waals surface area (Å²) in [6.07, 6.45) is 1.51. The van der Waals surface area contributed by atoms with Gasteiger partial charge in [0.05, 0.1) is 16.8 Å². The molecule has 0 unspecified atom stereocenters. The lowest BCUT2D eigenvalue weighted by atomic mass is 10.2. The molecule has 0 aliphatic carbocycles. The van der Waals surface area contributed by atoms with Crippen LogP contribution in [0.5, 0.6) is 0 Å². The van der Waals surface area contributed by atoms with E-state index in [-0.39, 0.29) is 5.91 Å². The number of nitrogens with zero attached hydrogens (tertiary/aromatic N) is 1. The lowest BCUT2D eigenvalue weighted by Gasteiger charge is -2.02. The Balaban J connectivity index is 1.85. The van der Waals surface area contributed by atoms with E-state index in [1.54, 1.807) is 12.1 Å². The summed E-state index contributed by atoms with van der Waals surface area (Å²) < 4.78 is 1.10. The third kappa shape index (κ3) is 2.41. The molecule has 3 aromatic rings. The maximum absolute atomic E-state index is 12.1. The standard InChI is InChI=1S/C14H11N3OS/c15-10-5-6-13(16-8-10)17-14(18)12-7-9-3-1-2-4-11(9)19-12/h1-8H,15H2,(H,16,17,18). The summed E-state index contributed by atoms with van der Waals surface area (Å²) >= 11 is 1.46. The minimum atomic E-state index is -0.154. The molecule has 3 N–H and O–H groups in total. The Kier molecular flexibility index (Phi) is 2.89. The molecule has 0 aliphatic rings. The highest BCUT2D eigenvalue weighted by atomic mass is 32.1. The van der Waals surface area contributed by atoms with Crippen molar-refractivity contribution in [2.45, 2.75) is 0 Å². The molecule has 0 bridgehead atoms. The second-order valence-electron chi connectivity index (χ2n) is 4.08. The molecule has 2 heterocycles. The van der Waals surface area contributed by atoms with Gasteiger partial charge in [-0.3, -0.25) is 4.79 Å². The SMILES string of the molecule is Nc1ccc(NC(=O)c2cc3ccccc3s2)nc1. The molecule has 19 heavy (non-hydrogen) atoms. The largest absolute Gasteiger partial charge is 0.397 e. The van der Waals surface area contributed by atoms with Crippen LogP contribution < -0.4 is 11.1 Å². The molecule has 3 rings (SSSR count). The Morgan fingerprint density at radius 3 is 2.79 bits per heavy atom. The van der Waals surface area contributed by atoms with Crippen molar-refractivity contribution in [1.29, 1.82) is 0 Å². The number of fused-ring (bicyclic) bond motifs is 1. The first-order valence-corrected chi connectivity index (χ1v) is 6.55. The van der Waals surface area contributed by atoms with Crippen LogP contribution in [0.25, 0.3) is 10.1 Å². The van der Waals surface area contributed by atoms with Crippen LogP contribution in [0, 0.1) is 0 Å². The molecule has 0 aliphatic heterocycles. The van der Waals surface area contributed by atoms with Crippen LogP contribution in [0.3, 0.4) is 0 Å². The van der Waals surface area contributed by atoms with Crippen molar-refractivity contribution in [3.05, 3.63) is 53.5 Å². The Morgan fingerprint density at radius 1 is 1.21 bits per heavy atom. The van der Waals surface area contributed by atoms with E-state index in [9.17, 15) is 4.79 Å². The van der Waals surface area contributed by atoms with Gasteiger partial charge in [-0.2, -0.15) is 0 Å². The number of anilines is 2. The maximum Gasteiger partial charge on any atom is 0.266 e. The lowest BCUT2D eigenvalue weighted by Crippen LogP contribution is -2.11.